The number of likely N-dealkylation sites (tertiary alicyclic amines) is 1. The molecule has 0 radical (unpaired) electrons. The molecular formula is C17H25NO3. The zero-order valence-corrected chi connectivity index (χ0v) is 12.7. The molecule has 116 valence electrons. The fourth-order valence-corrected chi connectivity index (χ4v) is 3.09. The van der Waals surface area contributed by atoms with Crippen LogP contribution in [0.25, 0.3) is 0 Å². The highest BCUT2D eigenvalue weighted by Gasteiger charge is 2.22. The molecule has 1 saturated heterocycles. The molecule has 0 amide bonds. The van der Waals surface area contributed by atoms with Gasteiger partial charge in [-0.3, -0.25) is 4.90 Å². The summed E-state index contributed by atoms with van der Waals surface area (Å²) in [6.45, 7) is 3.74. The maximum absolute atomic E-state index is 10.9. The maximum Gasteiger partial charge on any atom is 0.335 e. The second-order valence-corrected chi connectivity index (χ2v) is 6.06. The first-order valence-electron chi connectivity index (χ1n) is 7.80. The molecule has 0 aliphatic carbocycles. The van der Waals surface area contributed by atoms with E-state index in [4.69, 9.17) is 5.11 Å². The SMILES string of the molecule is CC(O)CC1CCCCCN1Cc1ccc(C(=O)O)cc1. The van der Waals surface area contributed by atoms with Gasteiger partial charge in [-0.1, -0.05) is 25.0 Å². The Hall–Kier alpha value is -1.39. The van der Waals surface area contributed by atoms with Gasteiger partial charge in [-0.2, -0.15) is 0 Å². The normalized spacial score (nSPS) is 21.7. The van der Waals surface area contributed by atoms with Gasteiger partial charge < -0.3 is 10.2 Å². The molecule has 0 aromatic heterocycles. The second kappa shape index (κ2) is 7.57. The molecule has 2 unspecified atom stereocenters. The molecule has 4 heteroatoms. The molecule has 1 aromatic rings. The number of benzene rings is 1. The van der Waals surface area contributed by atoms with E-state index in [9.17, 15) is 9.90 Å². The molecule has 21 heavy (non-hydrogen) atoms. The van der Waals surface area contributed by atoms with E-state index in [1.165, 1.54) is 19.3 Å². The minimum absolute atomic E-state index is 0.273. The minimum Gasteiger partial charge on any atom is -0.478 e. The van der Waals surface area contributed by atoms with Crippen molar-refractivity contribution < 1.29 is 15.0 Å². The average Bonchev–Trinajstić information content (AvgIpc) is 2.65. The van der Waals surface area contributed by atoms with Gasteiger partial charge >= 0.3 is 5.97 Å². The van der Waals surface area contributed by atoms with Crippen molar-refractivity contribution in [3.8, 4) is 0 Å². The zero-order chi connectivity index (χ0) is 15.2. The maximum atomic E-state index is 10.9. The smallest absolute Gasteiger partial charge is 0.335 e. The monoisotopic (exact) mass is 291 g/mol. The van der Waals surface area contributed by atoms with Crippen LogP contribution in [0.1, 0.15) is 54.9 Å². The number of rotatable bonds is 5. The van der Waals surface area contributed by atoms with Crippen molar-refractivity contribution in [2.24, 2.45) is 0 Å². The van der Waals surface area contributed by atoms with Gasteiger partial charge in [0, 0.05) is 12.6 Å². The van der Waals surface area contributed by atoms with E-state index in [0.717, 1.165) is 31.5 Å². The van der Waals surface area contributed by atoms with Crippen molar-refractivity contribution in [2.45, 2.75) is 57.7 Å². The van der Waals surface area contributed by atoms with Crippen LogP contribution in [0.15, 0.2) is 24.3 Å². The number of hydrogen-bond acceptors (Lipinski definition) is 3. The molecule has 2 rings (SSSR count). The summed E-state index contributed by atoms with van der Waals surface area (Å²) in [5.74, 6) is -0.886. The van der Waals surface area contributed by atoms with Crippen molar-refractivity contribution in [1.29, 1.82) is 0 Å². The molecule has 0 bridgehead atoms. The third-order valence-corrected chi connectivity index (χ3v) is 4.20. The first-order valence-corrected chi connectivity index (χ1v) is 7.80. The highest BCUT2D eigenvalue weighted by atomic mass is 16.4. The van der Waals surface area contributed by atoms with E-state index < -0.39 is 5.97 Å². The Balaban J connectivity index is 2.04. The standard InChI is InChI=1S/C17H25NO3/c1-13(19)11-16-5-3-2-4-10-18(16)12-14-6-8-15(9-7-14)17(20)21/h6-9,13,16,19H,2-5,10-12H2,1H3,(H,20,21). The summed E-state index contributed by atoms with van der Waals surface area (Å²) in [4.78, 5) is 13.3. The van der Waals surface area contributed by atoms with Gasteiger partial charge in [0.05, 0.1) is 11.7 Å². The van der Waals surface area contributed by atoms with Crippen LogP contribution < -0.4 is 0 Å². The Kier molecular flexibility index (Phi) is 5.76. The van der Waals surface area contributed by atoms with Crippen molar-refractivity contribution in [1.82, 2.24) is 4.90 Å². The largest absolute Gasteiger partial charge is 0.478 e. The predicted molar refractivity (Wildman–Crippen MR) is 82.4 cm³/mol. The van der Waals surface area contributed by atoms with Gasteiger partial charge in [-0.05, 0) is 50.4 Å². The Bertz CT molecular complexity index is 456. The van der Waals surface area contributed by atoms with Crippen LogP contribution in [0.3, 0.4) is 0 Å². The fourth-order valence-electron chi connectivity index (χ4n) is 3.09. The third kappa shape index (κ3) is 4.83. The van der Waals surface area contributed by atoms with Crippen LogP contribution in [0.5, 0.6) is 0 Å². The summed E-state index contributed by atoms with van der Waals surface area (Å²) in [6.07, 6.45) is 5.36. The Labute approximate surface area is 126 Å². The Morgan fingerprint density at radius 1 is 1.29 bits per heavy atom. The van der Waals surface area contributed by atoms with Crippen molar-refractivity contribution in [3.63, 3.8) is 0 Å². The minimum atomic E-state index is -0.886. The molecule has 1 fully saturated rings. The number of carboxylic acid groups (broad SMARTS) is 1. The third-order valence-electron chi connectivity index (χ3n) is 4.20. The van der Waals surface area contributed by atoms with Gasteiger partial charge in [0.2, 0.25) is 0 Å². The quantitative estimate of drug-likeness (QED) is 0.875. The Morgan fingerprint density at radius 3 is 2.62 bits per heavy atom. The van der Waals surface area contributed by atoms with E-state index in [-0.39, 0.29) is 6.10 Å². The summed E-state index contributed by atoms with van der Waals surface area (Å²) in [7, 11) is 0. The molecule has 2 N–H and O–H groups in total. The topological polar surface area (TPSA) is 60.8 Å². The van der Waals surface area contributed by atoms with Gasteiger partial charge in [0.1, 0.15) is 0 Å². The number of aliphatic hydroxyl groups excluding tert-OH is 1. The van der Waals surface area contributed by atoms with E-state index >= 15 is 0 Å². The molecule has 1 heterocycles. The van der Waals surface area contributed by atoms with Gasteiger partial charge in [-0.25, -0.2) is 4.79 Å². The van der Waals surface area contributed by atoms with E-state index in [1.807, 2.05) is 19.1 Å². The van der Waals surface area contributed by atoms with Crippen LogP contribution >= 0.6 is 0 Å². The summed E-state index contributed by atoms with van der Waals surface area (Å²) in [5, 5.41) is 18.6. The summed E-state index contributed by atoms with van der Waals surface area (Å²) >= 11 is 0. The highest BCUT2D eigenvalue weighted by molar-refractivity contribution is 5.87. The lowest BCUT2D eigenvalue weighted by atomic mass is 10.0. The van der Waals surface area contributed by atoms with Gasteiger partial charge in [0.15, 0.2) is 0 Å². The van der Waals surface area contributed by atoms with E-state index in [1.54, 1.807) is 12.1 Å². The molecule has 0 saturated carbocycles. The lowest BCUT2D eigenvalue weighted by Gasteiger charge is -2.31. The molecule has 1 aromatic carbocycles. The van der Waals surface area contributed by atoms with Crippen molar-refractivity contribution in [3.05, 3.63) is 35.4 Å². The Morgan fingerprint density at radius 2 is 2.00 bits per heavy atom. The summed E-state index contributed by atoms with van der Waals surface area (Å²) in [5.41, 5.74) is 1.47. The highest BCUT2D eigenvalue weighted by Crippen LogP contribution is 2.22. The number of nitrogens with zero attached hydrogens (tertiary/aromatic N) is 1. The number of hydrogen-bond donors (Lipinski definition) is 2. The number of aromatic carboxylic acids is 1. The van der Waals surface area contributed by atoms with E-state index in [2.05, 4.69) is 4.90 Å². The second-order valence-electron chi connectivity index (χ2n) is 6.06. The summed E-state index contributed by atoms with van der Waals surface area (Å²) < 4.78 is 0. The fraction of sp³-hybridized carbons (Fsp3) is 0.588. The predicted octanol–water partition coefficient (Wildman–Crippen LogP) is 2.90. The van der Waals surface area contributed by atoms with Crippen molar-refractivity contribution >= 4 is 5.97 Å². The van der Waals surface area contributed by atoms with E-state index in [0.29, 0.717) is 11.6 Å². The molecule has 2 atom stereocenters. The summed E-state index contributed by atoms with van der Waals surface area (Å²) in [6, 6.07) is 7.55. The van der Waals surface area contributed by atoms with Crippen LogP contribution in [-0.4, -0.2) is 39.8 Å². The molecular weight excluding hydrogens is 266 g/mol. The van der Waals surface area contributed by atoms with Crippen LogP contribution in [0.2, 0.25) is 0 Å². The lowest BCUT2D eigenvalue weighted by molar-refractivity contribution is 0.0696. The number of aliphatic hydroxyl groups is 1. The first-order chi connectivity index (χ1) is 10.1. The molecule has 0 spiro atoms. The molecule has 4 nitrogen and oxygen atoms in total. The number of carbonyl (C=O) groups is 1. The van der Waals surface area contributed by atoms with Crippen molar-refractivity contribution in [2.75, 3.05) is 6.54 Å². The molecule has 1 aliphatic heterocycles. The average molecular weight is 291 g/mol. The lowest BCUT2D eigenvalue weighted by Crippen LogP contribution is -2.36. The zero-order valence-electron chi connectivity index (χ0n) is 12.7. The molecule has 1 aliphatic rings. The first kappa shape index (κ1) is 16.0. The van der Waals surface area contributed by atoms with Crippen LogP contribution in [0, 0.1) is 0 Å². The van der Waals surface area contributed by atoms with Crippen LogP contribution in [-0.2, 0) is 6.54 Å². The van der Waals surface area contributed by atoms with Crippen LogP contribution in [0.4, 0.5) is 0 Å². The van der Waals surface area contributed by atoms with Gasteiger partial charge in [-0.15, -0.1) is 0 Å². The number of carboxylic acids is 1. The van der Waals surface area contributed by atoms with Gasteiger partial charge in [0.25, 0.3) is 0 Å².